The summed E-state index contributed by atoms with van der Waals surface area (Å²) >= 11 is 0. The smallest absolute Gasteiger partial charge is 0.231 e. The second-order valence-electron chi connectivity index (χ2n) is 7.13. The lowest BCUT2D eigenvalue weighted by Gasteiger charge is -2.39. The van der Waals surface area contributed by atoms with Gasteiger partial charge in [-0.05, 0) is 48.6 Å². The summed E-state index contributed by atoms with van der Waals surface area (Å²) in [5.74, 6) is 2.95. The fourth-order valence-corrected chi connectivity index (χ4v) is 3.88. The van der Waals surface area contributed by atoms with Crippen molar-refractivity contribution in [2.45, 2.75) is 32.2 Å². The maximum Gasteiger partial charge on any atom is 0.231 e. The van der Waals surface area contributed by atoms with Crippen molar-refractivity contribution in [1.29, 1.82) is 0 Å². The monoisotopic (exact) mass is 367 g/mol. The topological polar surface area (TPSA) is 63.7 Å². The summed E-state index contributed by atoms with van der Waals surface area (Å²) < 4.78 is 10.7. The van der Waals surface area contributed by atoms with Crippen molar-refractivity contribution < 1.29 is 14.3 Å². The van der Waals surface area contributed by atoms with E-state index in [-0.39, 0.29) is 18.7 Å². The van der Waals surface area contributed by atoms with Crippen molar-refractivity contribution >= 4 is 11.7 Å². The summed E-state index contributed by atoms with van der Waals surface area (Å²) in [6.07, 6.45) is 4.14. The highest BCUT2D eigenvalue weighted by Gasteiger charge is 2.29. The molecule has 0 unspecified atom stereocenters. The third-order valence-electron chi connectivity index (χ3n) is 5.38. The van der Waals surface area contributed by atoms with Gasteiger partial charge in [-0.3, -0.25) is 4.79 Å². The minimum absolute atomic E-state index is 0.0589. The molecule has 6 heteroatoms. The van der Waals surface area contributed by atoms with Crippen LogP contribution in [0.1, 0.15) is 25.3 Å². The zero-order valence-electron chi connectivity index (χ0n) is 15.6. The second kappa shape index (κ2) is 7.86. The summed E-state index contributed by atoms with van der Waals surface area (Å²) in [5.41, 5.74) is 0.940. The molecule has 0 aliphatic carbocycles. The predicted molar refractivity (Wildman–Crippen MR) is 103 cm³/mol. The van der Waals surface area contributed by atoms with Crippen molar-refractivity contribution in [1.82, 2.24) is 10.3 Å². The number of amides is 1. The van der Waals surface area contributed by atoms with Gasteiger partial charge < -0.3 is 19.7 Å². The maximum absolute atomic E-state index is 12.6. The van der Waals surface area contributed by atoms with Gasteiger partial charge >= 0.3 is 0 Å². The molecule has 2 aliphatic rings. The van der Waals surface area contributed by atoms with Crippen molar-refractivity contribution in [2.24, 2.45) is 5.92 Å². The van der Waals surface area contributed by atoms with E-state index in [0.717, 1.165) is 48.8 Å². The molecule has 2 atom stereocenters. The Bertz CT molecular complexity index is 797. The lowest BCUT2D eigenvalue weighted by atomic mass is 9.89. The van der Waals surface area contributed by atoms with Gasteiger partial charge in [-0.15, -0.1) is 0 Å². The molecule has 1 saturated heterocycles. The molecular formula is C21H25N3O3. The van der Waals surface area contributed by atoms with Gasteiger partial charge in [0.05, 0.1) is 6.42 Å². The van der Waals surface area contributed by atoms with Crippen molar-refractivity contribution in [2.75, 3.05) is 24.8 Å². The Labute approximate surface area is 159 Å². The molecule has 3 heterocycles. The van der Waals surface area contributed by atoms with Crippen LogP contribution in [0.3, 0.4) is 0 Å². The van der Waals surface area contributed by atoms with E-state index in [1.54, 1.807) is 0 Å². The number of benzene rings is 1. The van der Waals surface area contributed by atoms with Gasteiger partial charge in [0, 0.05) is 25.3 Å². The minimum Gasteiger partial charge on any atom is -0.454 e. The Morgan fingerprint density at radius 1 is 1.26 bits per heavy atom. The van der Waals surface area contributed by atoms with Crippen LogP contribution in [0.15, 0.2) is 42.6 Å². The Morgan fingerprint density at radius 2 is 2.15 bits per heavy atom. The summed E-state index contributed by atoms with van der Waals surface area (Å²) in [5, 5.41) is 3.25. The number of anilines is 1. The van der Waals surface area contributed by atoms with Gasteiger partial charge in [0.2, 0.25) is 12.7 Å². The van der Waals surface area contributed by atoms with Gasteiger partial charge in [-0.1, -0.05) is 19.1 Å². The number of fused-ring (bicyclic) bond motifs is 1. The predicted octanol–water partition coefficient (Wildman–Crippen LogP) is 2.77. The summed E-state index contributed by atoms with van der Waals surface area (Å²) in [4.78, 5) is 19.4. The average molecular weight is 367 g/mol. The number of rotatable bonds is 5. The molecule has 0 saturated carbocycles. The van der Waals surface area contributed by atoms with E-state index >= 15 is 0 Å². The van der Waals surface area contributed by atoms with E-state index in [1.807, 2.05) is 42.6 Å². The van der Waals surface area contributed by atoms with Crippen LogP contribution in [0.2, 0.25) is 0 Å². The third kappa shape index (κ3) is 3.99. The van der Waals surface area contributed by atoms with Gasteiger partial charge in [0.25, 0.3) is 0 Å². The first kappa shape index (κ1) is 17.6. The van der Waals surface area contributed by atoms with Crippen LogP contribution < -0.4 is 19.7 Å². The number of nitrogens with one attached hydrogen (secondary N) is 1. The first-order valence-corrected chi connectivity index (χ1v) is 9.57. The molecule has 1 fully saturated rings. The molecule has 4 rings (SSSR count). The second-order valence-corrected chi connectivity index (χ2v) is 7.13. The largest absolute Gasteiger partial charge is 0.454 e. The maximum atomic E-state index is 12.6. The lowest BCUT2D eigenvalue weighted by Crippen LogP contribution is -2.51. The molecular weight excluding hydrogens is 342 g/mol. The van der Waals surface area contributed by atoms with Crippen molar-refractivity contribution in [3.05, 3.63) is 48.2 Å². The van der Waals surface area contributed by atoms with E-state index in [0.29, 0.717) is 12.3 Å². The van der Waals surface area contributed by atoms with E-state index in [9.17, 15) is 4.79 Å². The van der Waals surface area contributed by atoms with E-state index in [2.05, 4.69) is 22.1 Å². The van der Waals surface area contributed by atoms with Gasteiger partial charge in [-0.25, -0.2) is 4.98 Å². The Balaban J connectivity index is 1.35. The molecule has 1 aromatic carbocycles. The van der Waals surface area contributed by atoms with Crippen molar-refractivity contribution in [3.63, 3.8) is 0 Å². The molecule has 2 aliphatic heterocycles. The zero-order chi connectivity index (χ0) is 18.6. The molecule has 1 aromatic heterocycles. The van der Waals surface area contributed by atoms with Gasteiger partial charge in [-0.2, -0.15) is 0 Å². The first-order chi connectivity index (χ1) is 13.2. The number of carbonyl (C=O) groups excluding carboxylic acids is 1. The molecule has 2 aromatic rings. The van der Waals surface area contributed by atoms with Crippen LogP contribution in [-0.2, 0) is 11.2 Å². The molecule has 27 heavy (non-hydrogen) atoms. The molecule has 0 spiro atoms. The number of hydrogen-bond acceptors (Lipinski definition) is 5. The third-order valence-corrected chi connectivity index (χ3v) is 5.38. The molecule has 1 amide bonds. The number of piperidine rings is 1. The number of carbonyl (C=O) groups is 1. The molecule has 1 N–H and O–H groups in total. The van der Waals surface area contributed by atoms with E-state index in [4.69, 9.17) is 9.47 Å². The number of aromatic nitrogens is 1. The summed E-state index contributed by atoms with van der Waals surface area (Å²) in [6, 6.07) is 11.9. The quantitative estimate of drug-likeness (QED) is 0.880. The van der Waals surface area contributed by atoms with E-state index in [1.165, 1.54) is 0 Å². The molecule has 0 bridgehead atoms. The SMILES string of the molecule is CC[C@@H]1CN(c2ccccn2)CC[C@@H]1NC(=O)Cc1ccc2c(c1)OCO2. The molecule has 0 radical (unpaired) electrons. The first-order valence-electron chi connectivity index (χ1n) is 9.57. The number of ether oxygens (including phenoxy) is 2. The Kier molecular flexibility index (Phi) is 5.14. The number of pyridine rings is 1. The van der Waals surface area contributed by atoms with Crippen LogP contribution >= 0.6 is 0 Å². The van der Waals surface area contributed by atoms with Crippen LogP contribution in [0.4, 0.5) is 5.82 Å². The van der Waals surface area contributed by atoms with Crippen LogP contribution in [0.25, 0.3) is 0 Å². The standard InChI is InChI=1S/C21H25N3O3/c1-2-16-13-24(20-5-3-4-9-22-20)10-8-17(16)23-21(25)12-15-6-7-18-19(11-15)27-14-26-18/h3-7,9,11,16-17H,2,8,10,12-14H2,1H3,(H,23,25)/t16-,17+/m1/s1. The molecule has 142 valence electrons. The van der Waals surface area contributed by atoms with Crippen LogP contribution in [0.5, 0.6) is 11.5 Å². The van der Waals surface area contributed by atoms with Crippen LogP contribution in [-0.4, -0.2) is 36.8 Å². The van der Waals surface area contributed by atoms with Crippen LogP contribution in [0, 0.1) is 5.92 Å². The zero-order valence-corrected chi connectivity index (χ0v) is 15.6. The lowest BCUT2D eigenvalue weighted by molar-refractivity contribution is -0.121. The highest BCUT2D eigenvalue weighted by atomic mass is 16.7. The highest BCUT2D eigenvalue weighted by molar-refractivity contribution is 5.79. The normalized spacial score (nSPS) is 21.1. The minimum atomic E-state index is 0.0589. The van der Waals surface area contributed by atoms with Crippen molar-refractivity contribution in [3.8, 4) is 11.5 Å². The summed E-state index contributed by atoms with van der Waals surface area (Å²) in [7, 11) is 0. The van der Waals surface area contributed by atoms with E-state index < -0.39 is 0 Å². The van der Waals surface area contributed by atoms with Gasteiger partial charge in [0.1, 0.15) is 5.82 Å². The highest BCUT2D eigenvalue weighted by Crippen LogP contribution is 2.32. The number of nitrogens with zero attached hydrogens (tertiary/aromatic N) is 2. The molecule has 6 nitrogen and oxygen atoms in total. The van der Waals surface area contributed by atoms with Gasteiger partial charge in [0.15, 0.2) is 11.5 Å². The Morgan fingerprint density at radius 3 is 2.96 bits per heavy atom. The fraction of sp³-hybridized carbons (Fsp3) is 0.429. The average Bonchev–Trinajstić information content (AvgIpc) is 3.16. The Hall–Kier alpha value is -2.76. The summed E-state index contributed by atoms with van der Waals surface area (Å²) in [6.45, 7) is 4.26. The number of hydrogen-bond donors (Lipinski definition) is 1. The fourth-order valence-electron chi connectivity index (χ4n) is 3.88.